The number of aromatic nitrogens is 2. The van der Waals surface area contributed by atoms with Gasteiger partial charge in [-0.15, -0.1) is 0 Å². The predicted octanol–water partition coefficient (Wildman–Crippen LogP) is 3.62. The highest BCUT2D eigenvalue weighted by Crippen LogP contribution is 2.32. The summed E-state index contributed by atoms with van der Waals surface area (Å²) in [5.74, 6) is 2.26. The molecule has 2 aromatic carbocycles. The minimum Gasteiger partial charge on any atom is -0.493 e. The standard InChI is InChI=1S/C20H20N4O/c21-11-16(12-22)13-5-6-17-18(10-13)24-20(23-17)15-7-8-25-19-4-2-1-3-14(19)9-15/h1-6,10-12,15,21H,7-9,22H2,(H,23,24)/b16-12+,21-11?. The van der Waals surface area contributed by atoms with Gasteiger partial charge in [0.2, 0.25) is 0 Å². The topological polar surface area (TPSA) is 87.8 Å². The number of allylic oxidation sites excluding steroid dienone is 1. The molecule has 2 heterocycles. The Morgan fingerprint density at radius 2 is 2.16 bits per heavy atom. The van der Waals surface area contributed by atoms with Crippen molar-refractivity contribution in [2.45, 2.75) is 18.8 Å². The van der Waals surface area contributed by atoms with Crippen LogP contribution in [0.15, 0.2) is 48.7 Å². The first-order valence-electron chi connectivity index (χ1n) is 8.41. The summed E-state index contributed by atoms with van der Waals surface area (Å²) in [7, 11) is 0. The van der Waals surface area contributed by atoms with Gasteiger partial charge in [-0.3, -0.25) is 0 Å². The van der Waals surface area contributed by atoms with E-state index in [1.807, 2.05) is 36.4 Å². The fourth-order valence-corrected chi connectivity index (χ4v) is 3.36. The Bertz CT molecular complexity index is 957. The summed E-state index contributed by atoms with van der Waals surface area (Å²) >= 11 is 0. The van der Waals surface area contributed by atoms with Crippen molar-refractivity contribution < 1.29 is 4.74 Å². The van der Waals surface area contributed by atoms with Crippen LogP contribution in [-0.2, 0) is 6.42 Å². The highest BCUT2D eigenvalue weighted by Gasteiger charge is 2.21. The van der Waals surface area contributed by atoms with E-state index in [-0.39, 0.29) is 0 Å². The van der Waals surface area contributed by atoms with Crippen LogP contribution >= 0.6 is 0 Å². The van der Waals surface area contributed by atoms with Gasteiger partial charge in [-0.2, -0.15) is 0 Å². The van der Waals surface area contributed by atoms with Crippen LogP contribution in [-0.4, -0.2) is 22.8 Å². The van der Waals surface area contributed by atoms with Crippen LogP contribution in [0.5, 0.6) is 5.75 Å². The molecule has 5 nitrogen and oxygen atoms in total. The van der Waals surface area contributed by atoms with Crippen molar-refractivity contribution in [2.75, 3.05) is 6.61 Å². The summed E-state index contributed by atoms with van der Waals surface area (Å²) in [6.07, 6.45) is 4.55. The van der Waals surface area contributed by atoms with E-state index in [2.05, 4.69) is 11.1 Å². The molecule has 1 atom stereocenters. The van der Waals surface area contributed by atoms with Gasteiger partial charge in [0.05, 0.1) is 17.6 Å². The molecule has 0 spiro atoms. The van der Waals surface area contributed by atoms with Crippen LogP contribution in [0, 0.1) is 5.41 Å². The van der Waals surface area contributed by atoms with Gasteiger partial charge in [0.25, 0.3) is 0 Å². The van der Waals surface area contributed by atoms with Crippen LogP contribution in [0.25, 0.3) is 16.6 Å². The van der Waals surface area contributed by atoms with E-state index in [0.717, 1.165) is 41.0 Å². The fraction of sp³-hybridized carbons (Fsp3) is 0.200. The molecule has 1 unspecified atom stereocenters. The number of rotatable bonds is 3. The zero-order valence-electron chi connectivity index (χ0n) is 13.8. The molecule has 0 aliphatic carbocycles. The first kappa shape index (κ1) is 15.4. The van der Waals surface area contributed by atoms with Crippen LogP contribution in [0.3, 0.4) is 0 Å². The van der Waals surface area contributed by atoms with Crippen LogP contribution < -0.4 is 10.5 Å². The number of nitrogens with two attached hydrogens (primary N) is 1. The van der Waals surface area contributed by atoms with E-state index >= 15 is 0 Å². The Kier molecular flexibility index (Phi) is 3.98. The first-order valence-corrected chi connectivity index (χ1v) is 8.41. The zero-order valence-corrected chi connectivity index (χ0v) is 13.8. The summed E-state index contributed by atoms with van der Waals surface area (Å²) in [6.45, 7) is 0.692. The van der Waals surface area contributed by atoms with E-state index in [1.165, 1.54) is 18.0 Å². The van der Waals surface area contributed by atoms with E-state index in [4.69, 9.17) is 20.9 Å². The lowest BCUT2D eigenvalue weighted by atomic mass is 9.96. The molecule has 5 heteroatoms. The molecule has 0 radical (unpaired) electrons. The second kappa shape index (κ2) is 6.43. The molecule has 4 rings (SSSR count). The Morgan fingerprint density at radius 1 is 1.28 bits per heavy atom. The maximum absolute atomic E-state index is 7.45. The molecule has 4 N–H and O–H groups in total. The van der Waals surface area contributed by atoms with Gasteiger partial charge in [0.1, 0.15) is 11.6 Å². The summed E-state index contributed by atoms with van der Waals surface area (Å²) in [5, 5.41) is 7.45. The Labute approximate surface area is 146 Å². The van der Waals surface area contributed by atoms with Gasteiger partial charge in [-0.1, -0.05) is 24.3 Å². The Hall–Kier alpha value is -3.08. The highest BCUT2D eigenvalue weighted by atomic mass is 16.5. The molecular weight excluding hydrogens is 312 g/mol. The number of H-pyrrole nitrogens is 1. The molecule has 1 aromatic heterocycles. The minimum absolute atomic E-state index is 0.298. The predicted molar refractivity (Wildman–Crippen MR) is 100 cm³/mol. The smallest absolute Gasteiger partial charge is 0.122 e. The molecule has 0 amide bonds. The quantitative estimate of drug-likeness (QED) is 0.640. The van der Waals surface area contributed by atoms with Gasteiger partial charge in [0.15, 0.2) is 0 Å². The van der Waals surface area contributed by atoms with Crippen LogP contribution in [0.1, 0.15) is 29.3 Å². The lowest BCUT2D eigenvalue weighted by Gasteiger charge is -2.10. The van der Waals surface area contributed by atoms with Gasteiger partial charge >= 0.3 is 0 Å². The summed E-state index contributed by atoms with van der Waals surface area (Å²) < 4.78 is 5.87. The van der Waals surface area contributed by atoms with Crippen molar-refractivity contribution in [1.82, 2.24) is 9.97 Å². The third-order valence-electron chi connectivity index (χ3n) is 4.72. The lowest BCUT2D eigenvalue weighted by molar-refractivity contribution is 0.308. The van der Waals surface area contributed by atoms with Crippen molar-refractivity contribution in [3.63, 3.8) is 0 Å². The molecule has 25 heavy (non-hydrogen) atoms. The number of nitrogens with one attached hydrogen (secondary N) is 2. The third-order valence-corrected chi connectivity index (χ3v) is 4.72. The minimum atomic E-state index is 0.298. The fourth-order valence-electron chi connectivity index (χ4n) is 3.36. The third kappa shape index (κ3) is 2.89. The van der Waals surface area contributed by atoms with E-state index in [9.17, 15) is 0 Å². The van der Waals surface area contributed by atoms with Crippen molar-refractivity contribution in [3.8, 4) is 5.75 Å². The van der Waals surface area contributed by atoms with Crippen molar-refractivity contribution in [3.05, 3.63) is 65.6 Å². The number of aromatic amines is 1. The number of benzene rings is 2. The number of imidazole rings is 1. The number of hydrogen-bond donors (Lipinski definition) is 3. The largest absolute Gasteiger partial charge is 0.493 e. The molecule has 0 bridgehead atoms. The SMILES string of the molecule is N=C/C(=C\N)c1ccc2nc(C3CCOc4ccccc4C3)[nH]c2c1. The summed E-state index contributed by atoms with van der Waals surface area (Å²) in [6, 6.07) is 14.1. The average molecular weight is 332 g/mol. The number of para-hydroxylation sites is 1. The van der Waals surface area contributed by atoms with Gasteiger partial charge in [-0.25, -0.2) is 4.98 Å². The van der Waals surface area contributed by atoms with Crippen molar-refractivity contribution in [1.29, 1.82) is 5.41 Å². The number of fused-ring (bicyclic) bond motifs is 2. The lowest BCUT2D eigenvalue weighted by Crippen LogP contribution is -2.05. The van der Waals surface area contributed by atoms with Crippen LogP contribution in [0.4, 0.5) is 0 Å². The molecule has 3 aromatic rings. The maximum Gasteiger partial charge on any atom is 0.122 e. The van der Waals surface area contributed by atoms with Crippen molar-refractivity contribution >= 4 is 22.8 Å². The van der Waals surface area contributed by atoms with E-state index in [1.54, 1.807) is 0 Å². The second-order valence-corrected chi connectivity index (χ2v) is 6.27. The molecule has 0 saturated carbocycles. The molecule has 0 fully saturated rings. The van der Waals surface area contributed by atoms with E-state index < -0.39 is 0 Å². The molecular formula is C20H20N4O. The Morgan fingerprint density at radius 3 is 3.00 bits per heavy atom. The number of nitrogens with zero attached hydrogens (tertiary/aromatic N) is 1. The molecule has 1 aliphatic heterocycles. The number of hydrogen-bond acceptors (Lipinski definition) is 4. The van der Waals surface area contributed by atoms with Gasteiger partial charge in [0, 0.05) is 23.9 Å². The molecule has 126 valence electrons. The Balaban J connectivity index is 1.69. The number of ether oxygens (including phenoxy) is 1. The second-order valence-electron chi connectivity index (χ2n) is 6.27. The highest BCUT2D eigenvalue weighted by molar-refractivity contribution is 6.08. The maximum atomic E-state index is 7.45. The summed E-state index contributed by atoms with van der Waals surface area (Å²) in [5.41, 5.74) is 10.3. The zero-order chi connectivity index (χ0) is 17.2. The first-order chi connectivity index (χ1) is 12.3. The van der Waals surface area contributed by atoms with Gasteiger partial charge < -0.3 is 20.9 Å². The van der Waals surface area contributed by atoms with Crippen LogP contribution in [0.2, 0.25) is 0 Å². The van der Waals surface area contributed by atoms with Crippen molar-refractivity contribution in [2.24, 2.45) is 5.73 Å². The normalized spacial score (nSPS) is 17.6. The summed E-state index contributed by atoms with van der Waals surface area (Å²) in [4.78, 5) is 8.24. The molecule has 1 aliphatic rings. The monoisotopic (exact) mass is 332 g/mol. The van der Waals surface area contributed by atoms with E-state index in [0.29, 0.717) is 18.1 Å². The average Bonchev–Trinajstić information content (AvgIpc) is 2.94. The van der Waals surface area contributed by atoms with Gasteiger partial charge in [-0.05, 0) is 42.2 Å². The molecule has 0 saturated heterocycles.